The van der Waals surface area contributed by atoms with E-state index in [0.29, 0.717) is 0 Å². The first-order valence-electron chi connectivity index (χ1n) is 3.92. The molecule has 0 fully saturated rings. The van der Waals surface area contributed by atoms with E-state index in [1.807, 2.05) is 26.0 Å². The molecule has 0 amide bonds. The number of halogens is 1. The van der Waals surface area contributed by atoms with Crippen molar-refractivity contribution in [2.45, 2.75) is 13.8 Å². The highest BCUT2D eigenvalue weighted by molar-refractivity contribution is 5.83. The van der Waals surface area contributed by atoms with Crippen LogP contribution in [-0.4, -0.2) is 4.98 Å². The molecule has 0 saturated carbocycles. The molecule has 0 bridgehead atoms. The molecular weight excluding hydrogens is 153 g/mol. The van der Waals surface area contributed by atoms with Gasteiger partial charge in [0.25, 0.3) is 0 Å². The van der Waals surface area contributed by atoms with E-state index >= 15 is 0 Å². The minimum absolute atomic E-state index is 0.265. The predicted octanol–water partition coefficient (Wildman–Crippen LogP) is 2.92. The molecule has 0 atom stereocenters. The second-order valence-corrected chi connectivity index (χ2v) is 3.16. The average Bonchev–Trinajstić information content (AvgIpc) is 2.29. The number of rotatable bonds is 0. The highest BCUT2D eigenvalue weighted by Gasteiger charge is 2.02. The number of fused-ring (bicyclic) bond motifs is 1. The maximum atomic E-state index is 12.8. The van der Waals surface area contributed by atoms with Crippen LogP contribution in [0.4, 0.5) is 4.39 Å². The van der Waals surface area contributed by atoms with Gasteiger partial charge in [-0.3, -0.25) is 0 Å². The molecule has 2 heteroatoms. The lowest BCUT2D eigenvalue weighted by atomic mass is 10.1. The minimum atomic E-state index is -0.265. The van der Waals surface area contributed by atoms with Crippen molar-refractivity contribution in [1.82, 2.24) is 4.98 Å². The van der Waals surface area contributed by atoms with Crippen LogP contribution in [-0.2, 0) is 0 Å². The van der Waals surface area contributed by atoms with E-state index in [0.717, 1.165) is 16.5 Å². The number of aryl methyl sites for hydroxylation is 2. The van der Waals surface area contributed by atoms with Crippen molar-refractivity contribution in [2.75, 3.05) is 0 Å². The van der Waals surface area contributed by atoms with Gasteiger partial charge >= 0.3 is 0 Å². The Morgan fingerprint density at radius 2 is 1.92 bits per heavy atom. The van der Waals surface area contributed by atoms with Gasteiger partial charge in [0, 0.05) is 11.5 Å². The van der Waals surface area contributed by atoms with Crippen LogP contribution in [0.1, 0.15) is 11.1 Å². The van der Waals surface area contributed by atoms with Crippen molar-refractivity contribution in [2.24, 2.45) is 0 Å². The molecule has 0 unspecified atom stereocenters. The second kappa shape index (κ2) is 2.34. The van der Waals surface area contributed by atoms with Crippen molar-refractivity contribution >= 4 is 10.9 Å². The van der Waals surface area contributed by atoms with Crippen LogP contribution < -0.4 is 0 Å². The second-order valence-electron chi connectivity index (χ2n) is 3.16. The summed E-state index contributed by atoms with van der Waals surface area (Å²) in [6.45, 7) is 3.99. The molecule has 0 aliphatic carbocycles. The first-order valence-corrected chi connectivity index (χ1v) is 3.92. The Morgan fingerprint density at radius 1 is 1.17 bits per heavy atom. The molecular formula is C10H10FN. The molecule has 0 aliphatic heterocycles. The normalized spacial score (nSPS) is 10.9. The lowest BCUT2D eigenvalue weighted by Gasteiger charge is -1.97. The summed E-state index contributed by atoms with van der Waals surface area (Å²) in [5, 5.41) is 0.949. The molecule has 1 aromatic carbocycles. The maximum Gasteiger partial charge on any atom is 0.192 e. The molecule has 0 saturated heterocycles. The standard InChI is InChI=1S/C10H10FN/c1-6-3-7(2)10-8(4-6)5-9(11)12-10/h3-5,12H,1-2H3. The highest BCUT2D eigenvalue weighted by atomic mass is 19.1. The number of benzene rings is 1. The molecule has 0 aliphatic rings. The van der Waals surface area contributed by atoms with Gasteiger partial charge < -0.3 is 4.98 Å². The van der Waals surface area contributed by atoms with E-state index in [-0.39, 0.29) is 5.95 Å². The fourth-order valence-electron chi connectivity index (χ4n) is 1.58. The summed E-state index contributed by atoms with van der Waals surface area (Å²) >= 11 is 0. The zero-order valence-electron chi connectivity index (χ0n) is 7.11. The van der Waals surface area contributed by atoms with Crippen molar-refractivity contribution in [1.29, 1.82) is 0 Å². The summed E-state index contributed by atoms with van der Waals surface area (Å²) in [5.74, 6) is -0.265. The van der Waals surface area contributed by atoms with Crippen LogP contribution in [0.2, 0.25) is 0 Å². The number of hydrogen-bond acceptors (Lipinski definition) is 0. The van der Waals surface area contributed by atoms with Crippen LogP contribution in [0.25, 0.3) is 10.9 Å². The van der Waals surface area contributed by atoms with Gasteiger partial charge in [0.2, 0.25) is 0 Å². The summed E-state index contributed by atoms with van der Waals surface area (Å²) in [7, 11) is 0. The number of aromatic amines is 1. The summed E-state index contributed by atoms with van der Waals surface area (Å²) in [6.07, 6.45) is 0. The molecule has 1 N–H and O–H groups in total. The number of nitrogens with one attached hydrogen (secondary N) is 1. The summed E-state index contributed by atoms with van der Waals surface area (Å²) in [5.41, 5.74) is 3.16. The van der Waals surface area contributed by atoms with Gasteiger partial charge in [-0.15, -0.1) is 0 Å². The summed E-state index contributed by atoms with van der Waals surface area (Å²) in [4.78, 5) is 2.69. The monoisotopic (exact) mass is 163 g/mol. The molecule has 1 nitrogen and oxygen atoms in total. The Bertz CT molecular complexity index is 429. The maximum absolute atomic E-state index is 12.8. The van der Waals surface area contributed by atoms with Crippen molar-refractivity contribution < 1.29 is 4.39 Å². The summed E-state index contributed by atoms with van der Waals surface area (Å²) < 4.78 is 12.8. The van der Waals surface area contributed by atoms with Crippen molar-refractivity contribution in [3.63, 3.8) is 0 Å². The quantitative estimate of drug-likeness (QED) is 0.614. The van der Waals surface area contributed by atoms with Gasteiger partial charge in [0.15, 0.2) is 5.95 Å². The van der Waals surface area contributed by atoms with E-state index < -0.39 is 0 Å². The smallest absolute Gasteiger partial charge is 0.192 e. The minimum Gasteiger partial charge on any atom is -0.331 e. The number of hydrogen-bond donors (Lipinski definition) is 1. The third-order valence-corrected chi connectivity index (χ3v) is 2.04. The van der Waals surface area contributed by atoms with Crippen molar-refractivity contribution in [3.05, 3.63) is 35.3 Å². The zero-order chi connectivity index (χ0) is 8.72. The van der Waals surface area contributed by atoms with Crippen LogP contribution in [0.3, 0.4) is 0 Å². The van der Waals surface area contributed by atoms with Gasteiger partial charge in [-0.2, -0.15) is 4.39 Å². The van der Waals surface area contributed by atoms with E-state index in [9.17, 15) is 4.39 Å². The Morgan fingerprint density at radius 3 is 2.67 bits per heavy atom. The first-order chi connectivity index (χ1) is 5.66. The predicted molar refractivity (Wildman–Crippen MR) is 47.7 cm³/mol. The molecule has 0 spiro atoms. The third kappa shape index (κ3) is 0.998. The Balaban J connectivity index is 2.88. The van der Waals surface area contributed by atoms with E-state index in [2.05, 4.69) is 4.98 Å². The molecule has 2 aromatic rings. The SMILES string of the molecule is Cc1cc(C)c2[nH]c(F)cc2c1. The lowest BCUT2D eigenvalue weighted by Crippen LogP contribution is -1.78. The fraction of sp³-hybridized carbons (Fsp3) is 0.200. The van der Waals surface area contributed by atoms with Gasteiger partial charge in [0.1, 0.15) is 0 Å². The van der Waals surface area contributed by atoms with Crippen LogP contribution in [0.15, 0.2) is 18.2 Å². The van der Waals surface area contributed by atoms with Crippen LogP contribution in [0, 0.1) is 19.8 Å². The Labute approximate surface area is 70.2 Å². The molecule has 2 rings (SSSR count). The molecule has 1 aromatic heterocycles. The molecule has 62 valence electrons. The fourth-order valence-corrected chi connectivity index (χ4v) is 1.58. The van der Waals surface area contributed by atoms with E-state index in [1.54, 1.807) is 0 Å². The van der Waals surface area contributed by atoms with Crippen LogP contribution >= 0.6 is 0 Å². The Hall–Kier alpha value is -1.31. The molecule has 0 radical (unpaired) electrons. The summed E-state index contributed by atoms with van der Waals surface area (Å²) in [6, 6.07) is 5.54. The van der Waals surface area contributed by atoms with Gasteiger partial charge in [0.05, 0.1) is 5.52 Å². The third-order valence-electron chi connectivity index (χ3n) is 2.04. The topological polar surface area (TPSA) is 15.8 Å². The van der Waals surface area contributed by atoms with Crippen LogP contribution in [0.5, 0.6) is 0 Å². The van der Waals surface area contributed by atoms with E-state index in [1.165, 1.54) is 11.6 Å². The zero-order valence-corrected chi connectivity index (χ0v) is 7.11. The lowest BCUT2D eigenvalue weighted by molar-refractivity contribution is 0.594. The Kier molecular flexibility index (Phi) is 1.43. The number of H-pyrrole nitrogens is 1. The van der Waals surface area contributed by atoms with Gasteiger partial charge in [-0.1, -0.05) is 11.6 Å². The first kappa shape index (κ1) is 7.35. The van der Waals surface area contributed by atoms with Crippen molar-refractivity contribution in [3.8, 4) is 0 Å². The molecule has 1 heterocycles. The highest BCUT2D eigenvalue weighted by Crippen LogP contribution is 2.20. The number of aromatic nitrogens is 1. The average molecular weight is 163 g/mol. The molecule has 12 heavy (non-hydrogen) atoms. The van der Waals surface area contributed by atoms with Gasteiger partial charge in [-0.05, 0) is 25.5 Å². The largest absolute Gasteiger partial charge is 0.331 e. The van der Waals surface area contributed by atoms with Gasteiger partial charge in [-0.25, -0.2) is 0 Å². The van der Waals surface area contributed by atoms with E-state index in [4.69, 9.17) is 0 Å².